The summed E-state index contributed by atoms with van der Waals surface area (Å²) in [6.45, 7) is 0. The number of aliphatic hydroxyl groups excluding tert-OH is 1. The number of hydrogen-bond acceptors (Lipinski definition) is 2. The summed E-state index contributed by atoms with van der Waals surface area (Å²) in [5, 5.41) is 17.9. The molecule has 0 bridgehead atoms. The largest absolute Gasteiger partial charge is 0.496 e. The summed E-state index contributed by atoms with van der Waals surface area (Å²) in [7, 11) is 1.71. The fourth-order valence-electron chi connectivity index (χ4n) is 4.03. The van der Waals surface area contributed by atoms with Crippen molar-refractivity contribution in [3.05, 3.63) is 90.0 Å². The molecule has 5 aromatic carbocycles. The zero-order chi connectivity index (χ0) is 17.7. The van der Waals surface area contributed by atoms with Crippen LogP contribution >= 0.6 is 0 Å². The predicted octanol–water partition coefficient (Wildman–Crippen LogP) is 5.67. The topological polar surface area (TPSA) is 29.5 Å². The van der Waals surface area contributed by atoms with E-state index in [2.05, 4.69) is 36.4 Å². The molecule has 0 heterocycles. The second kappa shape index (κ2) is 5.72. The molecule has 0 aliphatic carbocycles. The third-order valence-corrected chi connectivity index (χ3v) is 5.29. The Hall–Kier alpha value is -3.10. The van der Waals surface area contributed by atoms with E-state index < -0.39 is 6.10 Å². The maximum Gasteiger partial charge on any atom is 0.126 e. The molecule has 0 aromatic heterocycles. The highest BCUT2D eigenvalue weighted by molar-refractivity contribution is 6.24. The van der Waals surface area contributed by atoms with Crippen LogP contribution < -0.4 is 4.74 Å². The van der Waals surface area contributed by atoms with E-state index in [4.69, 9.17) is 4.74 Å². The highest BCUT2D eigenvalue weighted by Crippen LogP contribution is 2.41. The number of benzene rings is 5. The third-order valence-electron chi connectivity index (χ3n) is 5.29. The van der Waals surface area contributed by atoms with E-state index in [1.165, 1.54) is 21.5 Å². The molecule has 1 N–H and O–H groups in total. The van der Waals surface area contributed by atoms with Gasteiger partial charge in [0.25, 0.3) is 0 Å². The molecular formula is C24H18O2. The van der Waals surface area contributed by atoms with Gasteiger partial charge in [0.2, 0.25) is 0 Å². The van der Waals surface area contributed by atoms with Crippen molar-refractivity contribution in [3.63, 3.8) is 0 Å². The first-order valence-electron chi connectivity index (χ1n) is 8.75. The predicted molar refractivity (Wildman–Crippen MR) is 107 cm³/mol. The molecule has 0 amide bonds. The maximum atomic E-state index is 11.0. The van der Waals surface area contributed by atoms with Crippen molar-refractivity contribution in [2.24, 2.45) is 0 Å². The van der Waals surface area contributed by atoms with E-state index in [1.54, 1.807) is 7.11 Å². The smallest absolute Gasteiger partial charge is 0.126 e. The third kappa shape index (κ3) is 2.09. The molecule has 26 heavy (non-hydrogen) atoms. The SMILES string of the molecule is COc1ccc2ccc3c(C(O)c4ccccc4)ccc4ccc1c2c43. The zero-order valence-electron chi connectivity index (χ0n) is 14.4. The van der Waals surface area contributed by atoms with Gasteiger partial charge in [-0.15, -0.1) is 0 Å². The Morgan fingerprint density at radius 3 is 2.04 bits per heavy atom. The Labute approximate surface area is 151 Å². The number of aliphatic hydroxyl groups is 1. The number of rotatable bonds is 3. The number of methoxy groups -OCH3 is 1. The van der Waals surface area contributed by atoms with Crippen molar-refractivity contribution in [2.75, 3.05) is 7.11 Å². The normalized spacial score (nSPS) is 12.8. The summed E-state index contributed by atoms with van der Waals surface area (Å²) < 4.78 is 5.57. The molecule has 5 aromatic rings. The monoisotopic (exact) mass is 338 g/mol. The molecular weight excluding hydrogens is 320 g/mol. The second-order valence-electron chi connectivity index (χ2n) is 6.66. The van der Waals surface area contributed by atoms with Gasteiger partial charge >= 0.3 is 0 Å². The Balaban J connectivity index is 1.87. The van der Waals surface area contributed by atoms with Gasteiger partial charge < -0.3 is 9.84 Å². The van der Waals surface area contributed by atoms with Crippen LogP contribution in [-0.4, -0.2) is 12.2 Å². The van der Waals surface area contributed by atoms with Gasteiger partial charge in [-0.2, -0.15) is 0 Å². The summed E-state index contributed by atoms with van der Waals surface area (Å²) in [4.78, 5) is 0. The van der Waals surface area contributed by atoms with Crippen LogP contribution in [0.25, 0.3) is 32.3 Å². The standard InChI is InChI=1S/C24H18O2/c1-26-21-14-10-16-7-11-18-19(24(25)17-5-3-2-4-6-17)12-8-15-9-13-20(21)23(16)22(15)18/h2-14,24-25H,1H3. The average molecular weight is 338 g/mol. The molecule has 0 aliphatic heterocycles. The molecule has 2 heteroatoms. The molecule has 0 aliphatic rings. The van der Waals surface area contributed by atoms with E-state index in [0.29, 0.717) is 0 Å². The van der Waals surface area contributed by atoms with Crippen LogP contribution in [0.4, 0.5) is 0 Å². The van der Waals surface area contributed by atoms with Crippen LogP contribution in [0.2, 0.25) is 0 Å². The summed E-state index contributed by atoms with van der Waals surface area (Å²) >= 11 is 0. The first-order valence-corrected chi connectivity index (χ1v) is 8.75. The van der Waals surface area contributed by atoms with Gasteiger partial charge in [-0.25, -0.2) is 0 Å². The summed E-state index contributed by atoms with van der Waals surface area (Å²) in [5.74, 6) is 0.876. The van der Waals surface area contributed by atoms with Crippen molar-refractivity contribution in [1.82, 2.24) is 0 Å². The Morgan fingerprint density at radius 2 is 1.31 bits per heavy atom. The van der Waals surface area contributed by atoms with Gasteiger partial charge in [0.15, 0.2) is 0 Å². The minimum absolute atomic E-state index is 0.650. The fourth-order valence-corrected chi connectivity index (χ4v) is 4.03. The molecule has 0 radical (unpaired) electrons. The highest BCUT2D eigenvalue weighted by Gasteiger charge is 2.17. The molecule has 5 rings (SSSR count). The van der Waals surface area contributed by atoms with Gasteiger partial charge in [-0.3, -0.25) is 0 Å². The van der Waals surface area contributed by atoms with Crippen LogP contribution in [0.15, 0.2) is 78.9 Å². The van der Waals surface area contributed by atoms with Crippen LogP contribution in [-0.2, 0) is 0 Å². The zero-order valence-corrected chi connectivity index (χ0v) is 14.4. The first kappa shape index (κ1) is 15.2. The van der Waals surface area contributed by atoms with E-state index in [0.717, 1.165) is 27.6 Å². The minimum Gasteiger partial charge on any atom is -0.496 e. The van der Waals surface area contributed by atoms with Gasteiger partial charge in [0.1, 0.15) is 11.9 Å². The van der Waals surface area contributed by atoms with Gasteiger partial charge in [0, 0.05) is 10.8 Å². The van der Waals surface area contributed by atoms with Crippen molar-refractivity contribution in [3.8, 4) is 5.75 Å². The lowest BCUT2D eigenvalue weighted by Crippen LogP contribution is -2.01. The summed E-state index contributed by atoms with van der Waals surface area (Å²) in [6, 6.07) is 26.6. The number of hydrogen-bond donors (Lipinski definition) is 1. The van der Waals surface area contributed by atoms with Crippen molar-refractivity contribution < 1.29 is 9.84 Å². The van der Waals surface area contributed by atoms with Gasteiger partial charge in [-0.1, -0.05) is 66.7 Å². The molecule has 2 nitrogen and oxygen atoms in total. The summed E-state index contributed by atoms with van der Waals surface area (Å²) in [5.41, 5.74) is 1.83. The molecule has 0 saturated carbocycles. The Kier molecular flexibility index (Phi) is 3.34. The molecule has 1 atom stereocenters. The molecule has 0 spiro atoms. The number of ether oxygens (including phenoxy) is 1. The lowest BCUT2D eigenvalue weighted by molar-refractivity contribution is 0.222. The van der Waals surface area contributed by atoms with Gasteiger partial charge in [-0.05, 0) is 44.8 Å². The van der Waals surface area contributed by atoms with Crippen LogP contribution in [0, 0.1) is 0 Å². The lowest BCUT2D eigenvalue weighted by atomic mass is 9.89. The lowest BCUT2D eigenvalue weighted by Gasteiger charge is -2.18. The van der Waals surface area contributed by atoms with E-state index >= 15 is 0 Å². The molecule has 1 unspecified atom stereocenters. The van der Waals surface area contributed by atoms with Crippen molar-refractivity contribution in [1.29, 1.82) is 0 Å². The quantitative estimate of drug-likeness (QED) is 0.429. The Bertz CT molecular complexity index is 1230. The van der Waals surface area contributed by atoms with E-state index in [9.17, 15) is 5.11 Å². The van der Waals surface area contributed by atoms with Crippen molar-refractivity contribution >= 4 is 32.3 Å². The van der Waals surface area contributed by atoms with E-state index in [-0.39, 0.29) is 0 Å². The van der Waals surface area contributed by atoms with Crippen LogP contribution in [0.1, 0.15) is 17.2 Å². The van der Waals surface area contributed by atoms with Crippen molar-refractivity contribution in [2.45, 2.75) is 6.10 Å². The van der Waals surface area contributed by atoms with Crippen LogP contribution in [0.5, 0.6) is 5.75 Å². The Morgan fingerprint density at radius 1 is 0.692 bits per heavy atom. The van der Waals surface area contributed by atoms with Crippen LogP contribution in [0.3, 0.4) is 0 Å². The molecule has 0 saturated heterocycles. The molecule has 126 valence electrons. The maximum absolute atomic E-state index is 11.0. The average Bonchev–Trinajstić information content (AvgIpc) is 2.71. The first-order chi connectivity index (χ1) is 12.8. The van der Waals surface area contributed by atoms with E-state index in [1.807, 2.05) is 42.5 Å². The fraction of sp³-hybridized carbons (Fsp3) is 0.0833. The molecule has 0 fully saturated rings. The second-order valence-corrected chi connectivity index (χ2v) is 6.66. The highest BCUT2D eigenvalue weighted by atomic mass is 16.5. The summed E-state index contributed by atoms with van der Waals surface area (Å²) in [6.07, 6.45) is -0.650. The minimum atomic E-state index is -0.650. The van der Waals surface area contributed by atoms with Gasteiger partial charge in [0.05, 0.1) is 7.11 Å².